The smallest absolute Gasteiger partial charge is 0.326 e. The number of anilines is 1. The maximum atomic E-state index is 13.1. The van der Waals surface area contributed by atoms with Crippen molar-refractivity contribution < 1.29 is 23.9 Å². The lowest BCUT2D eigenvalue weighted by Gasteiger charge is -2.40. The molecule has 1 aliphatic carbocycles. The third-order valence-electron chi connectivity index (χ3n) is 7.60. The molecule has 2 fully saturated rings. The maximum Gasteiger partial charge on any atom is 0.326 e. The third kappa shape index (κ3) is 5.90. The lowest BCUT2D eigenvalue weighted by Crippen LogP contribution is -2.50. The van der Waals surface area contributed by atoms with E-state index in [1.54, 1.807) is 0 Å². The van der Waals surface area contributed by atoms with Crippen molar-refractivity contribution in [2.24, 2.45) is 11.3 Å². The minimum atomic E-state index is -0.940. The summed E-state index contributed by atoms with van der Waals surface area (Å²) in [6.45, 7) is 13.8. The summed E-state index contributed by atoms with van der Waals surface area (Å²) in [4.78, 5) is 51.7. The predicted octanol–water partition coefficient (Wildman–Crippen LogP) is 4.94. The number of benzene rings is 1. The molecule has 0 aromatic heterocycles. The zero-order valence-corrected chi connectivity index (χ0v) is 22.7. The van der Waals surface area contributed by atoms with Gasteiger partial charge in [-0.25, -0.2) is 4.79 Å². The summed E-state index contributed by atoms with van der Waals surface area (Å²) in [5.41, 5.74) is 1.96. The fourth-order valence-corrected chi connectivity index (χ4v) is 5.33. The quantitative estimate of drug-likeness (QED) is 0.408. The van der Waals surface area contributed by atoms with Crippen molar-refractivity contribution in [1.82, 2.24) is 10.2 Å². The molecule has 1 heterocycles. The summed E-state index contributed by atoms with van der Waals surface area (Å²) in [5, 5.41) is 5.72. The van der Waals surface area contributed by atoms with E-state index in [1.165, 1.54) is 0 Å². The second kappa shape index (κ2) is 10.6. The fourth-order valence-electron chi connectivity index (χ4n) is 5.33. The van der Waals surface area contributed by atoms with Crippen molar-refractivity contribution in [3.63, 3.8) is 0 Å². The summed E-state index contributed by atoms with van der Waals surface area (Å²) < 4.78 is 5.15. The van der Waals surface area contributed by atoms with Crippen molar-refractivity contribution in [2.45, 2.75) is 91.5 Å². The molecule has 1 aromatic rings. The number of imide groups is 1. The first kappa shape index (κ1) is 27.7. The van der Waals surface area contributed by atoms with Crippen LogP contribution in [0.3, 0.4) is 0 Å². The third-order valence-corrected chi connectivity index (χ3v) is 7.60. The molecule has 0 atom stereocenters. The van der Waals surface area contributed by atoms with Crippen LogP contribution in [0.1, 0.15) is 97.1 Å². The van der Waals surface area contributed by atoms with E-state index < -0.39 is 36.6 Å². The Labute approximate surface area is 214 Å². The Bertz CT molecular complexity index is 990. The van der Waals surface area contributed by atoms with Gasteiger partial charge in [-0.05, 0) is 60.0 Å². The van der Waals surface area contributed by atoms with Gasteiger partial charge in [0, 0.05) is 5.69 Å². The number of esters is 1. The highest BCUT2D eigenvalue weighted by Gasteiger charge is 2.53. The standard InChI is InChI=1S/C28H41N3O5/c1-17(2)20-9-8-10-21(18(3)4)24(20)29-22(32)16-36-23(33)15-31-25(34)28(30-26(31)35)13-11-19(12-14-28)27(5,6)7/h8-10,17-19H,11-16H2,1-7H3,(H,29,32)(H,30,35). The number of carbonyl (C=O) groups is 4. The van der Waals surface area contributed by atoms with Crippen LogP contribution < -0.4 is 10.6 Å². The normalized spacial score (nSPS) is 22.4. The number of amides is 4. The molecule has 8 nitrogen and oxygen atoms in total. The Hall–Kier alpha value is -2.90. The average Bonchev–Trinajstić information content (AvgIpc) is 3.01. The summed E-state index contributed by atoms with van der Waals surface area (Å²) in [7, 11) is 0. The van der Waals surface area contributed by atoms with Gasteiger partial charge in [0.25, 0.3) is 11.8 Å². The highest BCUT2D eigenvalue weighted by Crippen LogP contribution is 2.43. The number of nitrogens with one attached hydrogen (secondary N) is 2. The van der Waals surface area contributed by atoms with E-state index >= 15 is 0 Å². The monoisotopic (exact) mass is 499 g/mol. The molecular formula is C28H41N3O5. The molecule has 8 heteroatoms. The van der Waals surface area contributed by atoms with Gasteiger partial charge in [0.15, 0.2) is 6.61 Å². The molecule has 1 saturated carbocycles. The van der Waals surface area contributed by atoms with Crippen molar-refractivity contribution in [2.75, 3.05) is 18.5 Å². The van der Waals surface area contributed by atoms with Gasteiger partial charge in [-0.2, -0.15) is 0 Å². The van der Waals surface area contributed by atoms with E-state index in [-0.39, 0.29) is 23.2 Å². The number of hydrogen-bond acceptors (Lipinski definition) is 5. The largest absolute Gasteiger partial charge is 0.454 e. The number of para-hydroxylation sites is 1. The van der Waals surface area contributed by atoms with Crippen LogP contribution in [-0.4, -0.2) is 47.4 Å². The number of nitrogens with zero attached hydrogens (tertiary/aromatic N) is 1. The second-order valence-electron chi connectivity index (χ2n) is 11.9. The molecular weight excluding hydrogens is 458 g/mol. The van der Waals surface area contributed by atoms with Gasteiger partial charge < -0.3 is 15.4 Å². The predicted molar refractivity (Wildman–Crippen MR) is 139 cm³/mol. The zero-order chi connectivity index (χ0) is 26.8. The molecule has 1 aromatic carbocycles. The molecule has 2 N–H and O–H groups in total. The Morgan fingerprint density at radius 2 is 1.64 bits per heavy atom. The fraction of sp³-hybridized carbons (Fsp3) is 0.643. The number of urea groups is 1. The molecule has 1 saturated heterocycles. The molecule has 2 aliphatic rings. The van der Waals surface area contributed by atoms with Crippen LogP contribution in [0.5, 0.6) is 0 Å². The second-order valence-corrected chi connectivity index (χ2v) is 11.9. The Morgan fingerprint density at radius 1 is 1.08 bits per heavy atom. The average molecular weight is 500 g/mol. The van der Waals surface area contributed by atoms with Crippen molar-refractivity contribution >= 4 is 29.5 Å². The highest BCUT2D eigenvalue weighted by atomic mass is 16.5. The summed E-state index contributed by atoms with van der Waals surface area (Å²) >= 11 is 0. The van der Waals surface area contributed by atoms with Crippen LogP contribution >= 0.6 is 0 Å². The maximum absolute atomic E-state index is 13.1. The van der Waals surface area contributed by atoms with Gasteiger partial charge in [-0.1, -0.05) is 66.7 Å². The van der Waals surface area contributed by atoms with E-state index in [1.807, 2.05) is 18.2 Å². The number of carbonyl (C=O) groups excluding carboxylic acids is 4. The van der Waals surface area contributed by atoms with Gasteiger partial charge >= 0.3 is 12.0 Å². The Balaban J connectivity index is 1.57. The SMILES string of the molecule is CC(C)c1cccc(C(C)C)c1NC(=O)COC(=O)CN1C(=O)NC2(CCC(C(C)(C)C)CC2)C1=O. The summed E-state index contributed by atoms with van der Waals surface area (Å²) in [5.74, 6) is -0.766. The van der Waals surface area contributed by atoms with E-state index in [4.69, 9.17) is 4.74 Å². The molecule has 198 valence electrons. The molecule has 36 heavy (non-hydrogen) atoms. The van der Waals surface area contributed by atoms with Crippen molar-refractivity contribution in [3.05, 3.63) is 29.3 Å². The molecule has 4 amide bonds. The zero-order valence-electron chi connectivity index (χ0n) is 22.7. The van der Waals surface area contributed by atoms with Crippen molar-refractivity contribution in [3.8, 4) is 0 Å². The first-order valence-corrected chi connectivity index (χ1v) is 13.0. The van der Waals surface area contributed by atoms with E-state index in [2.05, 4.69) is 59.1 Å². The minimum absolute atomic E-state index is 0.142. The molecule has 0 radical (unpaired) electrons. The topological polar surface area (TPSA) is 105 Å². The van der Waals surface area contributed by atoms with Gasteiger partial charge in [-0.3, -0.25) is 19.3 Å². The van der Waals surface area contributed by atoms with Crippen LogP contribution in [-0.2, 0) is 19.1 Å². The lowest BCUT2D eigenvalue weighted by molar-refractivity contribution is -0.150. The van der Waals surface area contributed by atoms with Gasteiger partial charge in [-0.15, -0.1) is 0 Å². The highest BCUT2D eigenvalue weighted by molar-refractivity contribution is 6.08. The van der Waals surface area contributed by atoms with Crippen LogP contribution in [0, 0.1) is 11.3 Å². The van der Waals surface area contributed by atoms with Gasteiger partial charge in [0.2, 0.25) is 0 Å². The number of rotatable bonds is 7. The lowest BCUT2D eigenvalue weighted by atomic mass is 9.67. The van der Waals surface area contributed by atoms with Crippen LogP contribution in [0.25, 0.3) is 0 Å². The Morgan fingerprint density at radius 3 is 2.14 bits per heavy atom. The first-order chi connectivity index (χ1) is 16.7. The summed E-state index contributed by atoms with van der Waals surface area (Å²) in [6, 6.07) is 5.34. The van der Waals surface area contributed by atoms with E-state index in [0.717, 1.165) is 34.6 Å². The summed E-state index contributed by atoms with van der Waals surface area (Å²) in [6.07, 6.45) is 2.79. The van der Waals surface area contributed by atoms with E-state index in [9.17, 15) is 19.2 Å². The van der Waals surface area contributed by atoms with Gasteiger partial charge in [0.1, 0.15) is 12.1 Å². The van der Waals surface area contributed by atoms with Crippen LogP contribution in [0.4, 0.5) is 10.5 Å². The van der Waals surface area contributed by atoms with E-state index in [0.29, 0.717) is 18.8 Å². The molecule has 3 rings (SSSR count). The molecule has 1 spiro atoms. The molecule has 1 aliphatic heterocycles. The van der Waals surface area contributed by atoms with Crippen LogP contribution in [0.15, 0.2) is 18.2 Å². The first-order valence-electron chi connectivity index (χ1n) is 13.0. The molecule has 0 bridgehead atoms. The number of ether oxygens (including phenoxy) is 1. The van der Waals surface area contributed by atoms with Crippen molar-refractivity contribution in [1.29, 1.82) is 0 Å². The Kier molecular flexibility index (Phi) is 8.16. The minimum Gasteiger partial charge on any atom is -0.454 e. The molecule has 0 unspecified atom stereocenters. The number of hydrogen-bond donors (Lipinski definition) is 2. The van der Waals surface area contributed by atoms with Crippen LogP contribution in [0.2, 0.25) is 0 Å². The van der Waals surface area contributed by atoms with Gasteiger partial charge in [0.05, 0.1) is 0 Å².